The number of non-ortho nitro benzene ring substituents is 1. The van der Waals surface area contributed by atoms with Gasteiger partial charge in [-0.15, -0.1) is 0 Å². The molecule has 4 aromatic carbocycles. The molecule has 0 unspecified atom stereocenters. The van der Waals surface area contributed by atoms with E-state index >= 15 is 0 Å². The second kappa shape index (κ2) is 15.4. The van der Waals surface area contributed by atoms with E-state index in [1.54, 1.807) is 30.3 Å². The van der Waals surface area contributed by atoms with Crippen molar-refractivity contribution < 1.29 is 24.0 Å². The summed E-state index contributed by atoms with van der Waals surface area (Å²) in [6.45, 7) is 5.99. The van der Waals surface area contributed by atoms with Crippen LogP contribution in [0.15, 0.2) is 97.2 Å². The highest BCUT2D eigenvalue weighted by Crippen LogP contribution is 2.36. The summed E-state index contributed by atoms with van der Waals surface area (Å²) in [6.07, 6.45) is 2.42. The van der Waals surface area contributed by atoms with Gasteiger partial charge in [-0.1, -0.05) is 42.5 Å². The van der Waals surface area contributed by atoms with Gasteiger partial charge in [0, 0.05) is 90.6 Å². The Kier molecular flexibility index (Phi) is 10.1. The van der Waals surface area contributed by atoms with E-state index in [9.17, 15) is 19.7 Å². The van der Waals surface area contributed by atoms with Gasteiger partial charge in [0.2, 0.25) is 0 Å². The van der Waals surface area contributed by atoms with E-state index in [4.69, 9.17) is 9.47 Å². The summed E-state index contributed by atoms with van der Waals surface area (Å²) in [5, 5.41) is 20.3. The SMILES string of the molecule is COc1ccccc1CN(C(=O)c1cc(-c2cc([N+](=O)[O-])ccc2C(=O)N2Cc3ccccc3C[C@H]2CN2CCOCC2)n(C)c1C)c1ccc2cn[nH]c2c1. The molecule has 13 heteroatoms. The number of benzene rings is 4. The number of methoxy groups -OCH3 is 1. The number of aromatic nitrogens is 3. The molecule has 1 atom stereocenters. The molecule has 2 aliphatic rings. The Hall–Kier alpha value is -6.31. The molecule has 0 aliphatic carbocycles. The maximum Gasteiger partial charge on any atom is 0.270 e. The molecular formula is C43H43N7O6. The van der Waals surface area contributed by atoms with Crippen LogP contribution in [0.4, 0.5) is 11.4 Å². The molecule has 13 nitrogen and oxygen atoms in total. The fourth-order valence-electron chi connectivity index (χ4n) is 7.97. The number of hydrogen-bond acceptors (Lipinski definition) is 8. The van der Waals surface area contributed by atoms with Crippen molar-refractivity contribution in [2.75, 3.05) is 44.9 Å². The molecule has 1 N–H and O–H groups in total. The predicted octanol–water partition coefficient (Wildman–Crippen LogP) is 6.54. The first kappa shape index (κ1) is 36.7. The van der Waals surface area contributed by atoms with Crippen LogP contribution >= 0.6 is 0 Å². The number of amides is 2. The lowest BCUT2D eigenvalue weighted by molar-refractivity contribution is -0.384. The summed E-state index contributed by atoms with van der Waals surface area (Å²) in [6, 6.07) is 27.4. The highest BCUT2D eigenvalue weighted by Gasteiger charge is 2.34. The number of anilines is 1. The van der Waals surface area contributed by atoms with Crippen LogP contribution in [-0.2, 0) is 31.3 Å². The summed E-state index contributed by atoms with van der Waals surface area (Å²) < 4.78 is 13.1. The Balaban J connectivity index is 1.20. The smallest absolute Gasteiger partial charge is 0.270 e. The fraction of sp³-hybridized carbons (Fsp3) is 0.279. The molecule has 56 heavy (non-hydrogen) atoms. The molecule has 0 spiro atoms. The Morgan fingerprint density at radius 3 is 2.54 bits per heavy atom. The van der Waals surface area contributed by atoms with Gasteiger partial charge in [-0.3, -0.25) is 29.7 Å². The molecule has 286 valence electrons. The quantitative estimate of drug-likeness (QED) is 0.123. The van der Waals surface area contributed by atoms with Crippen LogP contribution in [-0.4, -0.2) is 87.3 Å². The fourth-order valence-corrected chi connectivity index (χ4v) is 7.97. The lowest BCUT2D eigenvalue weighted by Crippen LogP contribution is -2.52. The number of nitrogens with zero attached hydrogens (tertiary/aromatic N) is 6. The number of ether oxygens (including phenoxy) is 2. The normalized spacial score (nSPS) is 15.8. The van der Waals surface area contributed by atoms with E-state index in [2.05, 4.69) is 27.2 Å². The number of fused-ring (bicyclic) bond motifs is 2. The van der Waals surface area contributed by atoms with Gasteiger partial charge in [-0.05, 0) is 60.9 Å². The van der Waals surface area contributed by atoms with Crippen LogP contribution < -0.4 is 9.64 Å². The van der Waals surface area contributed by atoms with Gasteiger partial charge in [0.15, 0.2) is 0 Å². The molecule has 0 bridgehead atoms. The number of nitrogens with one attached hydrogen (secondary N) is 1. The third-order valence-corrected chi connectivity index (χ3v) is 11.2. The molecule has 1 fully saturated rings. The molecule has 0 saturated carbocycles. The molecule has 0 radical (unpaired) electrons. The lowest BCUT2D eigenvalue weighted by Gasteiger charge is -2.40. The minimum absolute atomic E-state index is 0.124. The lowest BCUT2D eigenvalue weighted by atomic mass is 9.92. The van der Waals surface area contributed by atoms with Crippen LogP contribution in [0.1, 0.15) is 43.1 Å². The van der Waals surface area contributed by atoms with Crippen LogP contribution in [0, 0.1) is 17.0 Å². The topological polar surface area (TPSA) is 139 Å². The average molecular weight is 754 g/mol. The van der Waals surface area contributed by atoms with Gasteiger partial charge in [0.05, 0.1) is 49.1 Å². The number of hydrogen-bond donors (Lipinski definition) is 1. The van der Waals surface area contributed by atoms with Crippen molar-refractivity contribution in [1.82, 2.24) is 24.6 Å². The summed E-state index contributed by atoms with van der Waals surface area (Å²) in [4.78, 5) is 47.5. The summed E-state index contributed by atoms with van der Waals surface area (Å²) in [5.74, 6) is 0.135. The van der Waals surface area contributed by atoms with Crippen molar-refractivity contribution >= 4 is 34.1 Å². The van der Waals surface area contributed by atoms with Gasteiger partial charge < -0.3 is 23.8 Å². The van der Waals surface area contributed by atoms with Crippen molar-refractivity contribution in [1.29, 1.82) is 0 Å². The number of rotatable bonds is 10. The summed E-state index contributed by atoms with van der Waals surface area (Å²) >= 11 is 0. The Labute approximate surface area is 324 Å². The van der Waals surface area contributed by atoms with Gasteiger partial charge in [-0.2, -0.15) is 5.10 Å². The third kappa shape index (κ3) is 7.02. The zero-order valence-corrected chi connectivity index (χ0v) is 31.6. The van der Waals surface area contributed by atoms with Crippen molar-refractivity contribution in [3.63, 3.8) is 0 Å². The van der Waals surface area contributed by atoms with Crippen LogP contribution in [0.25, 0.3) is 22.2 Å². The Bertz CT molecular complexity index is 2450. The van der Waals surface area contributed by atoms with Crippen LogP contribution in [0.3, 0.4) is 0 Å². The number of carbonyl (C=O) groups excluding carboxylic acids is 2. The van der Waals surface area contributed by atoms with E-state index in [1.807, 2.05) is 78.0 Å². The average Bonchev–Trinajstić information content (AvgIpc) is 3.82. The van der Waals surface area contributed by atoms with Gasteiger partial charge in [0.25, 0.3) is 17.5 Å². The molecule has 2 aliphatic heterocycles. The van der Waals surface area contributed by atoms with E-state index < -0.39 is 4.92 Å². The van der Waals surface area contributed by atoms with E-state index in [-0.39, 0.29) is 30.1 Å². The second-order valence-electron chi connectivity index (χ2n) is 14.4. The maximum atomic E-state index is 14.9. The number of aromatic amines is 1. The monoisotopic (exact) mass is 753 g/mol. The van der Waals surface area contributed by atoms with Gasteiger partial charge in [0.1, 0.15) is 5.75 Å². The van der Waals surface area contributed by atoms with Crippen molar-refractivity contribution in [3.05, 3.63) is 141 Å². The van der Waals surface area contributed by atoms with E-state index in [0.717, 1.165) is 35.1 Å². The number of para-hydroxylation sites is 1. The van der Waals surface area contributed by atoms with Crippen LogP contribution in [0.5, 0.6) is 5.75 Å². The van der Waals surface area contributed by atoms with Gasteiger partial charge >= 0.3 is 0 Å². The summed E-state index contributed by atoms with van der Waals surface area (Å²) in [5.41, 5.74) is 6.63. The summed E-state index contributed by atoms with van der Waals surface area (Å²) in [7, 11) is 3.41. The molecule has 4 heterocycles. The van der Waals surface area contributed by atoms with Crippen molar-refractivity contribution in [2.45, 2.75) is 32.5 Å². The largest absolute Gasteiger partial charge is 0.496 e. The predicted molar refractivity (Wildman–Crippen MR) is 213 cm³/mol. The van der Waals surface area contributed by atoms with Crippen molar-refractivity contribution in [3.8, 4) is 17.0 Å². The highest BCUT2D eigenvalue weighted by molar-refractivity contribution is 6.09. The first-order chi connectivity index (χ1) is 27.2. The number of nitro groups is 1. The molecule has 2 aromatic heterocycles. The first-order valence-corrected chi connectivity index (χ1v) is 18.7. The van der Waals surface area contributed by atoms with Crippen molar-refractivity contribution in [2.24, 2.45) is 7.05 Å². The first-order valence-electron chi connectivity index (χ1n) is 18.7. The standard InChI is InChI=1S/C43H43N7O6/c1-28-37(43(52)48(26-32-10-6-7-11-41(32)55-3)33-13-12-30-24-44-45-39(30)22-33)23-40(46(28)2)38-21-34(50(53)54)14-15-36(38)42(51)49-25-31-9-5-4-8-29(31)20-35(49)27-47-16-18-56-19-17-47/h4-15,21-24,35H,16-20,25-27H2,1-3H3,(H,44,45)/t35-/m0/s1. The Morgan fingerprint density at radius 1 is 0.982 bits per heavy atom. The molecule has 2 amide bonds. The number of H-pyrrole nitrogens is 1. The molecule has 1 saturated heterocycles. The minimum atomic E-state index is -0.460. The second-order valence-corrected chi connectivity index (χ2v) is 14.4. The zero-order valence-electron chi connectivity index (χ0n) is 31.6. The Morgan fingerprint density at radius 2 is 1.75 bits per heavy atom. The third-order valence-electron chi connectivity index (χ3n) is 11.2. The molecule has 8 rings (SSSR count). The van der Waals surface area contributed by atoms with Crippen LogP contribution in [0.2, 0.25) is 0 Å². The van der Waals surface area contributed by atoms with Gasteiger partial charge in [-0.25, -0.2) is 0 Å². The number of morpholine rings is 1. The van der Waals surface area contributed by atoms with E-state index in [0.29, 0.717) is 72.2 Å². The number of carbonyl (C=O) groups is 2. The maximum absolute atomic E-state index is 14.9. The minimum Gasteiger partial charge on any atom is -0.496 e. The molecule has 6 aromatic rings. The zero-order chi connectivity index (χ0) is 38.9. The van der Waals surface area contributed by atoms with E-state index in [1.165, 1.54) is 17.7 Å². The molecular weight excluding hydrogens is 711 g/mol. The number of nitro benzene ring substituents is 1. The highest BCUT2D eigenvalue weighted by atomic mass is 16.6.